The molecule has 0 spiro atoms. The lowest BCUT2D eigenvalue weighted by Gasteiger charge is -2.45. The van der Waals surface area contributed by atoms with Crippen LogP contribution in [0.1, 0.15) is 66.7 Å². The number of hydrogen-bond acceptors (Lipinski definition) is 1. The maximum Gasteiger partial charge on any atom is 0.0180 e. The molecule has 0 heterocycles. The van der Waals surface area contributed by atoms with Gasteiger partial charge in [0.05, 0.1) is 0 Å². The van der Waals surface area contributed by atoms with Crippen LogP contribution in [-0.4, -0.2) is 5.54 Å². The summed E-state index contributed by atoms with van der Waals surface area (Å²) in [6.45, 7) is 11.7. The van der Waals surface area contributed by atoms with Gasteiger partial charge in [0, 0.05) is 5.54 Å². The van der Waals surface area contributed by atoms with Crippen molar-refractivity contribution in [2.24, 2.45) is 23.0 Å². The SMILES string of the molecule is CCC(C)C1(N)CCC(C(C)(C)C)CC1. The maximum atomic E-state index is 6.52. The van der Waals surface area contributed by atoms with Gasteiger partial charge in [-0.15, -0.1) is 0 Å². The summed E-state index contributed by atoms with van der Waals surface area (Å²) in [5.41, 5.74) is 7.12. The standard InChI is InChI=1S/C14H29N/c1-6-11(2)14(15)9-7-12(8-10-14)13(3,4)5/h11-12H,6-10,15H2,1-5H3. The van der Waals surface area contributed by atoms with E-state index in [2.05, 4.69) is 34.6 Å². The quantitative estimate of drug-likeness (QED) is 0.735. The van der Waals surface area contributed by atoms with Crippen molar-refractivity contribution in [2.75, 3.05) is 0 Å². The van der Waals surface area contributed by atoms with Crippen LogP contribution >= 0.6 is 0 Å². The van der Waals surface area contributed by atoms with Crippen LogP contribution in [0, 0.1) is 17.3 Å². The number of hydrogen-bond donors (Lipinski definition) is 1. The summed E-state index contributed by atoms with van der Waals surface area (Å²) in [6.07, 6.45) is 6.32. The molecular weight excluding hydrogens is 182 g/mol. The molecule has 1 heteroatoms. The lowest BCUT2D eigenvalue weighted by Crippen LogP contribution is -2.49. The van der Waals surface area contributed by atoms with Crippen molar-refractivity contribution in [3.05, 3.63) is 0 Å². The average molecular weight is 211 g/mol. The normalized spacial score (nSPS) is 35.2. The summed E-state index contributed by atoms with van der Waals surface area (Å²) in [5, 5.41) is 0. The Balaban J connectivity index is 2.55. The first-order valence-corrected chi connectivity index (χ1v) is 6.58. The van der Waals surface area contributed by atoms with Gasteiger partial charge in [0.15, 0.2) is 0 Å². The lowest BCUT2D eigenvalue weighted by molar-refractivity contribution is 0.105. The molecule has 0 aromatic carbocycles. The Morgan fingerprint density at radius 1 is 1.27 bits per heavy atom. The Morgan fingerprint density at radius 2 is 1.73 bits per heavy atom. The molecule has 0 aromatic rings. The molecule has 0 saturated heterocycles. The van der Waals surface area contributed by atoms with Crippen molar-refractivity contribution in [1.82, 2.24) is 0 Å². The molecule has 0 amide bonds. The Hall–Kier alpha value is -0.0400. The van der Waals surface area contributed by atoms with E-state index in [1.807, 2.05) is 0 Å². The zero-order valence-corrected chi connectivity index (χ0v) is 11.3. The molecule has 1 fully saturated rings. The van der Waals surface area contributed by atoms with E-state index in [9.17, 15) is 0 Å². The largest absolute Gasteiger partial charge is 0.325 e. The van der Waals surface area contributed by atoms with Crippen LogP contribution in [-0.2, 0) is 0 Å². The van der Waals surface area contributed by atoms with E-state index in [1.54, 1.807) is 0 Å². The molecule has 1 nitrogen and oxygen atoms in total. The second kappa shape index (κ2) is 4.45. The van der Waals surface area contributed by atoms with Crippen LogP contribution in [0.25, 0.3) is 0 Å². The Morgan fingerprint density at radius 3 is 2.07 bits per heavy atom. The molecule has 1 aliphatic carbocycles. The van der Waals surface area contributed by atoms with E-state index in [0.29, 0.717) is 11.3 Å². The summed E-state index contributed by atoms with van der Waals surface area (Å²) in [5.74, 6) is 1.55. The first kappa shape index (κ1) is 13.0. The van der Waals surface area contributed by atoms with Crippen LogP contribution in [0.3, 0.4) is 0 Å². The van der Waals surface area contributed by atoms with Crippen molar-refractivity contribution in [3.63, 3.8) is 0 Å². The number of rotatable bonds is 2. The molecule has 90 valence electrons. The highest BCUT2D eigenvalue weighted by Gasteiger charge is 2.38. The third kappa shape index (κ3) is 2.96. The predicted molar refractivity (Wildman–Crippen MR) is 67.8 cm³/mol. The number of nitrogens with two attached hydrogens (primary N) is 1. The molecule has 1 unspecified atom stereocenters. The van der Waals surface area contributed by atoms with Gasteiger partial charge in [-0.05, 0) is 42.9 Å². The Kier molecular flexibility index (Phi) is 3.86. The van der Waals surface area contributed by atoms with Gasteiger partial charge < -0.3 is 5.73 Å². The first-order chi connectivity index (χ1) is 6.79. The van der Waals surface area contributed by atoms with Crippen molar-refractivity contribution in [3.8, 4) is 0 Å². The van der Waals surface area contributed by atoms with Gasteiger partial charge in [0.2, 0.25) is 0 Å². The second-order valence-corrected chi connectivity index (χ2v) is 6.68. The van der Waals surface area contributed by atoms with Crippen molar-refractivity contribution in [1.29, 1.82) is 0 Å². The monoisotopic (exact) mass is 211 g/mol. The van der Waals surface area contributed by atoms with E-state index in [4.69, 9.17) is 5.73 Å². The van der Waals surface area contributed by atoms with Gasteiger partial charge in [-0.1, -0.05) is 41.0 Å². The highest BCUT2D eigenvalue weighted by Crippen LogP contribution is 2.43. The predicted octanol–water partition coefficient (Wildman–Crippen LogP) is 3.97. The Bertz CT molecular complexity index is 194. The van der Waals surface area contributed by atoms with Crippen LogP contribution in [0.4, 0.5) is 0 Å². The van der Waals surface area contributed by atoms with Gasteiger partial charge in [-0.25, -0.2) is 0 Å². The minimum absolute atomic E-state index is 0.135. The smallest absolute Gasteiger partial charge is 0.0180 e. The van der Waals surface area contributed by atoms with Gasteiger partial charge in [0.1, 0.15) is 0 Å². The van der Waals surface area contributed by atoms with E-state index in [0.717, 1.165) is 5.92 Å². The zero-order chi connectivity index (χ0) is 11.7. The van der Waals surface area contributed by atoms with Gasteiger partial charge in [-0.2, -0.15) is 0 Å². The summed E-state index contributed by atoms with van der Waals surface area (Å²) in [7, 11) is 0. The van der Waals surface area contributed by atoms with Crippen molar-refractivity contribution < 1.29 is 0 Å². The Labute approximate surface area is 95.8 Å². The highest BCUT2D eigenvalue weighted by molar-refractivity contribution is 4.95. The van der Waals surface area contributed by atoms with Crippen molar-refractivity contribution in [2.45, 2.75) is 72.3 Å². The van der Waals surface area contributed by atoms with Crippen LogP contribution in [0.15, 0.2) is 0 Å². The molecule has 1 rings (SSSR count). The van der Waals surface area contributed by atoms with Crippen molar-refractivity contribution >= 4 is 0 Å². The van der Waals surface area contributed by atoms with E-state index in [-0.39, 0.29) is 5.54 Å². The maximum absolute atomic E-state index is 6.52. The first-order valence-electron chi connectivity index (χ1n) is 6.58. The highest BCUT2D eigenvalue weighted by atomic mass is 14.8. The molecule has 0 aromatic heterocycles. The average Bonchev–Trinajstić information content (AvgIpc) is 2.15. The lowest BCUT2D eigenvalue weighted by atomic mass is 9.64. The topological polar surface area (TPSA) is 26.0 Å². The van der Waals surface area contributed by atoms with E-state index in [1.165, 1.54) is 32.1 Å². The van der Waals surface area contributed by atoms with E-state index < -0.39 is 0 Å². The molecule has 1 aliphatic rings. The summed E-state index contributed by atoms with van der Waals surface area (Å²) >= 11 is 0. The zero-order valence-electron chi connectivity index (χ0n) is 11.3. The molecule has 1 atom stereocenters. The molecule has 15 heavy (non-hydrogen) atoms. The summed E-state index contributed by atoms with van der Waals surface area (Å²) in [6, 6.07) is 0. The molecule has 0 aliphatic heterocycles. The molecular formula is C14H29N. The van der Waals surface area contributed by atoms with Gasteiger partial charge >= 0.3 is 0 Å². The third-order valence-corrected chi connectivity index (χ3v) is 4.74. The van der Waals surface area contributed by atoms with Crippen LogP contribution in [0.2, 0.25) is 0 Å². The minimum atomic E-state index is 0.135. The van der Waals surface area contributed by atoms with Gasteiger partial charge in [-0.3, -0.25) is 0 Å². The fraction of sp³-hybridized carbons (Fsp3) is 1.00. The summed E-state index contributed by atoms with van der Waals surface area (Å²) < 4.78 is 0. The van der Waals surface area contributed by atoms with Crippen LogP contribution in [0.5, 0.6) is 0 Å². The fourth-order valence-electron chi connectivity index (χ4n) is 2.92. The summed E-state index contributed by atoms with van der Waals surface area (Å²) in [4.78, 5) is 0. The third-order valence-electron chi connectivity index (χ3n) is 4.74. The van der Waals surface area contributed by atoms with Gasteiger partial charge in [0.25, 0.3) is 0 Å². The molecule has 1 saturated carbocycles. The molecule has 0 radical (unpaired) electrons. The fourth-order valence-corrected chi connectivity index (χ4v) is 2.92. The minimum Gasteiger partial charge on any atom is -0.325 e. The van der Waals surface area contributed by atoms with Crippen LogP contribution < -0.4 is 5.73 Å². The van der Waals surface area contributed by atoms with E-state index >= 15 is 0 Å². The second-order valence-electron chi connectivity index (χ2n) is 6.68. The molecule has 0 bridgehead atoms. The molecule has 2 N–H and O–H groups in total.